The lowest BCUT2D eigenvalue weighted by molar-refractivity contribution is -0.331. The number of carboxylic acid groups (broad SMARTS) is 1. The number of ether oxygens (including phenoxy) is 3. The van der Waals surface area contributed by atoms with E-state index in [9.17, 15) is 39.9 Å². The first-order valence-corrected chi connectivity index (χ1v) is 10.7. The zero-order valence-corrected chi connectivity index (χ0v) is 18.3. The molecule has 5 rings (SSSR count). The van der Waals surface area contributed by atoms with Gasteiger partial charge in [-0.25, -0.2) is 4.79 Å². The van der Waals surface area contributed by atoms with E-state index < -0.39 is 93.8 Å². The summed E-state index contributed by atoms with van der Waals surface area (Å²) >= 11 is 0. The van der Waals surface area contributed by atoms with Gasteiger partial charge in [-0.1, -0.05) is 27.7 Å². The van der Waals surface area contributed by atoms with Gasteiger partial charge in [0.05, 0.1) is 22.7 Å². The van der Waals surface area contributed by atoms with E-state index in [2.05, 4.69) is 0 Å². The summed E-state index contributed by atoms with van der Waals surface area (Å²) in [7, 11) is 0. The molecule has 0 radical (unpaired) electrons. The van der Waals surface area contributed by atoms with Gasteiger partial charge < -0.3 is 44.5 Å². The molecule has 11 heteroatoms. The second kappa shape index (κ2) is 5.64. The topological polar surface area (TPSA) is 183 Å². The first-order chi connectivity index (χ1) is 14.6. The zero-order chi connectivity index (χ0) is 24.0. The van der Waals surface area contributed by atoms with Crippen LogP contribution in [0.3, 0.4) is 0 Å². The lowest BCUT2D eigenvalue weighted by Gasteiger charge is -2.52. The third-order valence-electron chi connectivity index (χ3n) is 9.10. The van der Waals surface area contributed by atoms with E-state index in [-0.39, 0.29) is 0 Å². The normalized spacial score (nSPS) is 56.5. The lowest BCUT2D eigenvalue weighted by Crippen LogP contribution is -2.68. The lowest BCUT2D eigenvalue weighted by atomic mass is 9.50. The molecule has 4 unspecified atom stereocenters. The number of esters is 2. The molecular formula is C21H27O11-. The minimum Gasteiger partial charge on any atom is -0.547 e. The van der Waals surface area contributed by atoms with Crippen molar-refractivity contribution in [2.45, 2.75) is 76.5 Å². The number of carbonyl (C=O) groups excluding carboxylic acids is 3. The highest BCUT2D eigenvalue weighted by molar-refractivity contribution is 5.93. The smallest absolute Gasteiger partial charge is 0.342 e. The number of carbonyl (C=O) groups is 3. The predicted octanol–water partition coefficient (Wildman–Crippen LogP) is -2.94. The predicted molar refractivity (Wildman–Crippen MR) is 97.7 cm³/mol. The molecule has 0 aromatic carbocycles. The van der Waals surface area contributed by atoms with Crippen molar-refractivity contribution < 1.29 is 54.1 Å². The van der Waals surface area contributed by atoms with Crippen molar-refractivity contribution in [1.29, 1.82) is 0 Å². The maximum Gasteiger partial charge on any atom is 0.342 e. The fourth-order valence-corrected chi connectivity index (χ4v) is 8.62. The Bertz CT molecular complexity index is 943. The minimum atomic E-state index is -2.55. The van der Waals surface area contributed by atoms with Crippen LogP contribution in [0.4, 0.5) is 0 Å². The summed E-state index contributed by atoms with van der Waals surface area (Å²) in [6.45, 7) is 8.21. The van der Waals surface area contributed by atoms with Gasteiger partial charge in [0.1, 0.15) is 18.3 Å². The third kappa shape index (κ3) is 1.66. The van der Waals surface area contributed by atoms with Crippen LogP contribution < -0.4 is 5.11 Å². The standard InChI is InChI=1S/C21H28O11/c1-6-8(17(3,4)5)18(10(23)13(24)25)15(27)32-21-16(28)31-11(6)19(18,21)9(22)12-20(21,29)7(2)14(26)30-12/h6-12,15,22-23,27,29H,1-5H3,(H,24,25)/p-1/t6-,7-,8+,9+,10+,11?,12+,15?,18?,19?,20-,21+/m1/s1. The quantitative estimate of drug-likeness (QED) is 0.313. The first kappa shape index (κ1) is 22.0. The molecule has 32 heavy (non-hydrogen) atoms. The van der Waals surface area contributed by atoms with E-state index >= 15 is 0 Å². The fraction of sp³-hybridized carbons (Fsp3) is 0.857. The SMILES string of the molecule is C[C@@H]1C(=O)O[C@H]2[C@H](O)C34C5OC(=O)[C@@]3(OC(O)C4([C@@H](O)C(=O)[O-])[C@H](C(C)(C)C)[C@H]5C)[C@@]12O. The molecule has 2 aliphatic carbocycles. The van der Waals surface area contributed by atoms with E-state index in [0.717, 1.165) is 0 Å². The van der Waals surface area contributed by atoms with Crippen molar-refractivity contribution in [3.05, 3.63) is 0 Å². The summed E-state index contributed by atoms with van der Waals surface area (Å²) in [5.41, 5.74) is -10.2. The molecule has 12 atom stereocenters. The molecular weight excluding hydrogens is 428 g/mol. The van der Waals surface area contributed by atoms with Crippen molar-refractivity contribution in [2.75, 3.05) is 0 Å². The second-order valence-electron chi connectivity index (χ2n) is 11.1. The molecule has 3 heterocycles. The molecule has 0 aromatic heterocycles. The highest BCUT2D eigenvalue weighted by Crippen LogP contribution is 2.84. The van der Waals surface area contributed by atoms with Gasteiger partial charge in [0.2, 0.25) is 5.60 Å². The van der Waals surface area contributed by atoms with Crippen LogP contribution in [-0.4, -0.2) is 80.2 Å². The van der Waals surface area contributed by atoms with Crippen LogP contribution in [0.5, 0.6) is 0 Å². The van der Waals surface area contributed by atoms with Gasteiger partial charge in [-0.15, -0.1) is 0 Å². The van der Waals surface area contributed by atoms with Crippen molar-refractivity contribution in [3.63, 3.8) is 0 Å². The van der Waals surface area contributed by atoms with Crippen LogP contribution in [0.15, 0.2) is 0 Å². The van der Waals surface area contributed by atoms with Crippen LogP contribution in [0.25, 0.3) is 0 Å². The minimum absolute atomic E-state index is 0.684. The maximum atomic E-state index is 13.4. The van der Waals surface area contributed by atoms with Gasteiger partial charge >= 0.3 is 11.9 Å². The summed E-state index contributed by atoms with van der Waals surface area (Å²) in [6, 6.07) is 0. The zero-order valence-electron chi connectivity index (χ0n) is 18.3. The van der Waals surface area contributed by atoms with Crippen LogP contribution >= 0.6 is 0 Å². The molecule has 3 aliphatic heterocycles. The van der Waals surface area contributed by atoms with E-state index in [1.54, 1.807) is 27.7 Å². The summed E-state index contributed by atoms with van der Waals surface area (Å²) in [5.74, 6) is -6.94. The van der Waals surface area contributed by atoms with Crippen molar-refractivity contribution >= 4 is 17.9 Å². The molecule has 4 N–H and O–H groups in total. The monoisotopic (exact) mass is 455 g/mol. The molecule has 2 saturated carbocycles. The number of carboxylic acids is 1. The Kier molecular flexibility index (Phi) is 3.88. The molecule has 5 fully saturated rings. The van der Waals surface area contributed by atoms with Gasteiger partial charge in [0.15, 0.2) is 18.0 Å². The van der Waals surface area contributed by atoms with Crippen LogP contribution in [0.2, 0.25) is 0 Å². The highest BCUT2D eigenvalue weighted by atomic mass is 16.7. The number of fused-ring (bicyclic) bond motifs is 1. The van der Waals surface area contributed by atoms with E-state index in [1.807, 2.05) is 0 Å². The molecule has 0 bridgehead atoms. The van der Waals surface area contributed by atoms with Gasteiger partial charge in [0, 0.05) is 0 Å². The Morgan fingerprint density at radius 3 is 2.25 bits per heavy atom. The Morgan fingerprint density at radius 2 is 1.72 bits per heavy atom. The average Bonchev–Trinajstić information content (AvgIpc) is 3.30. The molecule has 5 aliphatic rings. The summed E-state index contributed by atoms with van der Waals surface area (Å²) in [4.78, 5) is 37.9. The molecule has 0 aromatic rings. The molecule has 178 valence electrons. The highest BCUT2D eigenvalue weighted by Gasteiger charge is 3.02. The first-order valence-electron chi connectivity index (χ1n) is 10.7. The van der Waals surface area contributed by atoms with Crippen molar-refractivity contribution in [2.24, 2.45) is 34.0 Å². The van der Waals surface area contributed by atoms with Crippen LogP contribution in [0.1, 0.15) is 34.6 Å². The van der Waals surface area contributed by atoms with Gasteiger partial charge in [-0.3, -0.25) is 4.79 Å². The number of aliphatic carboxylic acids is 1. The molecule has 11 nitrogen and oxygen atoms in total. The van der Waals surface area contributed by atoms with Crippen LogP contribution in [-0.2, 0) is 28.6 Å². The second-order valence-corrected chi connectivity index (χ2v) is 11.1. The molecule has 1 spiro atoms. The van der Waals surface area contributed by atoms with Gasteiger partial charge in [-0.05, 0) is 24.2 Å². The molecule has 3 saturated heterocycles. The van der Waals surface area contributed by atoms with Crippen molar-refractivity contribution in [1.82, 2.24) is 0 Å². The number of hydrogen-bond donors (Lipinski definition) is 4. The van der Waals surface area contributed by atoms with Gasteiger partial charge in [-0.2, -0.15) is 0 Å². The molecule has 0 amide bonds. The Morgan fingerprint density at radius 1 is 1.12 bits per heavy atom. The summed E-state index contributed by atoms with van der Waals surface area (Å²) in [6.07, 6.45) is -9.32. The third-order valence-corrected chi connectivity index (χ3v) is 9.10. The Hall–Kier alpha value is -1.79. The van der Waals surface area contributed by atoms with E-state index in [1.165, 1.54) is 6.92 Å². The van der Waals surface area contributed by atoms with Crippen molar-refractivity contribution in [3.8, 4) is 0 Å². The number of aliphatic hydroxyl groups is 4. The van der Waals surface area contributed by atoms with Crippen LogP contribution in [0, 0.1) is 34.0 Å². The Labute approximate surface area is 183 Å². The fourth-order valence-electron chi connectivity index (χ4n) is 8.62. The largest absolute Gasteiger partial charge is 0.547 e. The Balaban J connectivity index is 1.93. The number of aliphatic hydroxyl groups excluding tert-OH is 3. The summed E-state index contributed by atoms with van der Waals surface area (Å²) < 4.78 is 16.7. The number of rotatable bonds is 2. The van der Waals surface area contributed by atoms with Gasteiger partial charge in [0.25, 0.3) is 0 Å². The average molecular weight is 455 g/mol. The maximum absolute atomic E-state index is 13.4. The van der Waals surface area contributed by atoms with E-state index in [0.29, 0.717) is 0 Å². The number of hydrogen-bond acceptors (Lipinski definition) is 11. The van der Waals surface area contributed by atoms with E-state index in [4.69, 9.17) is 14.2 Å². The summed E-state index contributed by atoms with van der Waals surface area (Å²) in [5, 5.41) is 58.1.